The molecule has 2 heteroatoms. The van der Waals surface area contributed by atoms with Crippen LogP contribution >= 0.6 is 11.8 Å². The number of thioether (sulfide) groups is 1. The summed E-state index contributed by atoms with van der Waals surface area (Å²) in [5, 5.41) is 3.65. The molecule has 1 fully saturated rings. The van der Waals surface area contributed by atoms with Gasteiger partial charge in [-0.1, -0.05) is 6.08 Å². The third kappa shape index (κ3) is 3.63. The Labute approximate surface area is 80.0 Å². The normalized spacial score (nSPS) is 25.6. The Morgan fingerprint density at radius 3 is 3.17 bits per heavy atom. The second-order valence-electron chi connectivity index (χ2n) is 3.49. The van der Waals surface area contributed by atoms with Gasteiger partial charge in [-0.05, 0) is 31.9 Å². The van der Waals surface area contributed by atoms with Gasteiger partial charge in [0.1, 0.15) is 0 Å². The third-order valence-electron chi connectivity index (χ3n) is 2.25. The minimum Gasteiger partial charge on any atom is -0.311 e. The maximum absolute atomic E-state index is 3.73. The molecular weight excluding hydrogens is 166 g/mol. The van der Waals surface area contributed by atoms with Crippen LogP contribution in [0.4, 0.5) is 0 Å². The molecule has 0 aliphatic carbocycles. The number of nitrogens with one attached hydrogen (secondary N) is 1. The zero-order valence-electron chi connectivity index (χ0n) is 7.88. The van der Waals surface area contributed by atoms with Crippen LogP contribution in [0.15, 0.2) is 12.7 Å². The fraction of sp³-hybridized carbons (Fsp3) is 0.800. The van der Waals surface area contributed by atoms with Crippen molar-refractivity contribution < 1.29 is 0 Å². The molecule has 0 amide bonds. The average Bonchev–Trinajstić information content (AvgIpc) is 2.53. The van der Waals surface area contributed by atoms with Gasteiger partial charge in [-0.2, -0.15) is 11.8 Å². The monoisotopic (exact) mass is 185 g/mol. The van der Waals surface area contributed by atoms with Crippen molar-refractivity contribution in [2.75, 3.05) is 11.5 Å². The van der Waals surface area contributed by atoms with Crippen molar-refractivity contribution in [3.63, 3.8) is 0 Å². The van der Waals surface area contributed by atoms with E-state index >= 15 is 0 Å². The van der Waals surface area contributed by atoms with Crippen LogP contribution in [0, 0.1) is 0 Å². The number of allylic oxidation sites excluding steroid dienone is 1. The first-order valence-corrected chi connectivity index (χ1v) is 5.93. The van der Waals surface area contributed by atoms with Gasteiger partial charge in [0.15, 0.2) is 0 Å². The lowest BCUT2D eigenvalue weighted by atomic mass is 10.1. The molecule has 1 nitrogen and oxygen atoms in total. The first-order chi connectivity index (χ1) is 5.83. The predicted octanol–water partition coefficient (Wildman–Crippen LogP) is 2.44. The van der Waals surface area contributed by atoms with Crippen molar-refractivity contribution in [2.24, 2.45) is 0 Å². The van der Waals surface area contributed by atoms with Crippen molar-refractivity contribution in [3.05, 3.63) is 12.7 Å². The molecule has 70 valence electrons. The summed E-state index contributed by atoms with van der Waals surface area (Å²) in [7, 11) is 0. The average molecular weight is 185 g/mol. The van der Waals surface area contributed by atoms with Gasteiger partial charge in [0.25, 0.3) is 0 Å². The largest absolute Gasteiger partial charge is 0.311 e. The van der Waals surface area contributed by atoms with Gasteiger partial charge in [0, 0.05) is 17.8 Å². The molecule has 1 aliphatic heterocycles. The smallest absolute Gasteiger partial charge is 0.0168 e. The van der Waals surface area contributed by atoms with E-state index in [9.17, 15) is 0 Å². The molecule has 0 aromatic rings. The van der Waals surface area contributed by atoms with Crippen LogP contribution in [-0.4, -0.2) is 23.6 Å². The number of rotatable bonds is 5. The molecule has 1 saturated heterocycles. The lowest BCUT2D eigenvalue weighted by Gasteiger charge is -2.17. The first kappa shape index (κ1) is 10.1. The van der Waals surface area contributed by atoms with Gasteiger partial charge < -0.3 is 5.32 Å². The van der Waals surface area contributed by atoms with Gasteiger partial charge in [0.2, 0.25) is 0 Å². The van der Waals surface area contributed by atoms with Gasteiger partial charge in [-0.25, -0.2) is 0 Å². The third-order valence-corrected chi connectivity index (χ3v) is 3.42. The molecule has 1 rings (SSSR count). The summed E-state index contributed by atoms with van der Waals surface area (Å²) < 4.78 is 0. The van der Waals surface area contributed by atoms with E-state index in [1.807, 2.05) is 6.08 Å². The molecule has 12 heavy (non-hydrogen) atoms. The summed E-state index contributed by atoms with van der Waals surface area (Å²) in [6.45, 7) is 6.00. The Balaban J connectivity index is 2.07. The Kier molecular flexibility index (Phi) is 4.77. The van der Waals surface area contributed by atoms with E-state index in [4.69, 9.17) is 0 Å². The molecule has 1 N–H and O–H groups in total. The van der Waals surface area contributed by atoms with Gasteiger partial charge >= 0.3 is 0 Å². The van der Waals surface area contributed by atoms with Crippen molar-refractivity contribution in [3.8, 4) is 0 Å². The Bertz CT molecular complexity index is 130. The van der Waals surface area contributed by atoms with Crippen LogP contribution in [0.25, 0.3) is 0 Å². The van der Waals surface area contributed by atoms with E-state index < -0.39 is 0 Å². The van der Waals surface area contributed by atoms with Gasteiger partial charge in [-0.3, -0.25) is 0 Å². The van der Waals surface area contributed by atoms with Crippen molar-refractivity contribution in [1.29, 1.82) is 0 Å². The highest BCUT2D eigenvalue weighted by atomic mass is 32.2. The molecular formula is C10H19NS. The second kappa shape index (κ2) is 5.65. The highest BCUT2D eigenvalue weighted by Crippen LogP contribution is 2.17. The van der Waals surface area contributed by atoms with Crippen LogP contribution < -0.4 is 5.32 Å². The summed E-state index contributed by atoms with van der Waals surface area (Å²) >= 11 is 2.07. The van der Waals surface area contributed by atoms with E-state index in [-0.39, 0.29) is 0 Å². The van der Waals surface area contributed by atoms with Crippen molar-refractivity contribution >= 4 is 11.8 Å². The summed E-state index contributed by atoms with van der Waals surface area (Å²) in [6, 6.07) is 1.43. The number of hydrogen-bond acceptors (Lipinski definition) is 2. The van der Waals surface area contributed by atoms with Gasteiger partial charge in [-0.15, -0.1) is 6.58 Å². The molecule has 2 atom stereocenters. The molecule has 1 aliphatic rings. The SMILES string of the molecule is C=CCCC(C)NC1CCSC1. The van der Waals surface area contributed by atoms with Crippen LogP contribution in [0.1, 0.15) is 26.2 Å². The fourth-order valence-electron chi connectivity index (χ4n) is 1.52. The molecule has 2 unspecified atom stereocenters. The van der Waals surface area contributed by atoms with Crippen molar-refractivity contribution in [1.82, 2.24) is 5.32 Å². The van der Waals surface area contributed by atoms with E-state index in [1.165, 1.54) is 24.3 Å². The molecule has 0 aromatic heterocycles. The lowest BCUT2D eigenvalue weighted by Crippen LogP contribution is -2.36. The molecule has 0 spiro atoms. The van der Waals surface area contributed by atoms with Crippen LogP contribution in [0.5, 0.6) is 0 Å². The summed E-state index contributed by atoms with van der Waals surface area (Å²) in [5.74, 6) is 2.64. The number of hydrogen-bond donors (Lipinski definition) is 1. The van der Waals surface area contributed by atoms with Gasteiger partial charge in [0.05, 0.1) is 0 Å². The molecule has 0 radical (unpaired) electrons. The molecule has 0 bridgehead atoms. The van der Waals surface area contributed by atoms with E-state index in [0.29, 0.717) is 6.04 Å². The maximum Gasteiger partial charge on any atom is 0.0168 e. The zero-order valence-corrected chi connectivity index (χ0v) is 8.70. The van der Waals surface area contributed by atoms with Crippen LogP contribution in [0.2, 0.25) is 0 Å². The quantitative estimate of drug-likeness (QED) is 0.660. The van der Waals surface area contributed by atoms with Crippen molar-refractivity contribution in [2.45, 2.75) is 38.3 Å². The highest BCUT2D eigenvalue weighted by Gasteiger charge is 2.16. The minimum atomic E-state index is 0.659. The Hall–Kier alpha value is 0.0500. The van der Waals surface area contributed by atoms with E-state index in [0.717, 1.165) is 12.5 Å². The molecule has 0 saturated carbocycles. The Morgan fingerprint density at radius 1 is 1.75 bits per heavy atom. The topological polar surface area (TPSA) is 12.0 Å². The lowest BCUT2D eigenvalue weighted by molar-refractivity contribution is 0.453. The van der Waals surface area contributed by atoms with Crippen LogP contribution in [-0.2, 0) is 0 Å². The summed E-state index contributed by atoms with van der Waals surface area (Å²) in [6.07, 6.45) is 5.71. The van der Waals surface area contributed by atoms with Crippen LogP contribution in [0.3, 0.4) is 0 Å². The second-order valence-corrected chi connectivity index (χ2v) is 4.64. The molecule has 1 heterocycles. The highest BCUT2D eigenvalue weighted by molar-refractivity contribution is 7.99. The van der Waals surface area contributed by atoms with E-state index in [2.05, 4.69) is 30.6 Å². The Morgan fingerprint density at radius 2 is 2.58 bits per heavy atom. The predicted molar refractivity (Wildman–Crippen MR) is 57.8 cm³/mol. The maximum atomic E-state index is 3.73. The standard InChI is InChI=1S/C10H19NS/c1-3-4-5-9(2)11-10-6-7-12-8-10/h3,9-11H,1,4-8H2,2H3. The fourth-order valence-corrected chi connectivity index (χ4v) is 2.68. The zero-order chi connectivity index (χ0) is 8.81. The van der Waals surface area contributed by atoms with E-state index in [1.54, 1.807) is 0 Å². The first-order valence-electron chi connectivity index (χ1n) is 4.77. The minimum absolute atomic E-state index is 0.659. The molecule has 0 aromatic carbocycles. The summed E-state index contributed by atoms with van der Waals surface area (Å²) in [5.41, 5.74) is 0. The summed E-state index contributed by atoms with van der Waals surface area (Å²) in [4.78, 5) is 0.